The normalized spacial score (nSPS) is 13.3. The Hall–Kier alpha value is -5.23. The fraction of sp³-hybridized carbons (Fsp3) is 0.592. The van der Waals surface area contributed by atoms with Crippen molar-refractivity contribution in [1.29, 1.82) is 0 Å². The molecule has 82 heavy (non-hydrogen) atoms. The van der Waals surface area contributed by atoms with Gasteiger partial charge in [0.2, 0.25) is 0 Å². The first-order valence-corrected chi connectivity index (χ1v) is 33.1. The molecule has 0 fully saturated rings. The summed E-state index contributed by atoms with van der Waals surface area (Å²) in [6, 6.07) is 0. The van der Waals surface area contributed by atoms with Crippen molar-refractivity contribution >= 4 is 17.9 Å². The number of hydrogen-bond donors (Lipinski definition) is 0. The lowest BCUT2D eigenvalue weighted by Gasteiger charge is -2.18. The number of carbonyl (C=O) groups is 3. The lowest BCUT2D eigenvalue weighted by molar-refractivity contribution is -0.167. The highest BCUT2D eigenvalue weighted by Crippen LogP contribution is 2.14. The van der Waals surface area contributed by atoms with Gasteiger partial charge in [0.25, 0.3) is 0 Å². The zero-order valence-electron chi connectivity index (χ0n) is 52.7. The molecule has 0 radical (unpaired) electrons. The molecule has 1 unspecified atom stereocenters. The van der Waals surface area contributed by atoms with Crippen LogP contribution in [-0.2, 0) is 28.6 Å². The zero-order valence-corrected chi connectivity index (χ0v) is 52.7. The molecule has 0 aromatic carbocycles. The van der Waals surface area contributed by atoms with E-state index in [-0.39, 0.29) is 37.5 Å². The molecule has 0 aromatic rings. The van der Waals surface area contributed by atoms with E-state index in [1.54, 1.807) is 0 Å². The van der Waals surface area contributed by atoms with Crippen molar-refractivity contribution in [2.75, 3.05) is 13.2 Å². The Labute approximate surface area is 504 Å². The molecule has 0 aliphatic rings. The predicted molar refractivity (Wildman–Crippen MR) is 357 cm³/mol. The number of unbranched alkanes of at least 4 members (excludes halogenated alkanes) is 19. The second-order valence-electron chi connectivity index (χ2n) is 21.3. The molecule has 0 saturated heterocycles. The zero-order chi connectivity index (χ0) is 59.2. The Morgan fingerprint density at radius 1 is 0.256 bits per heavy atom. The van der Waals surface area contributed by atoms with Gasteiger partial charge in [0.05, 0.1) is 0 Å². The molecule has 6 nitrogen and oxygen atoms in total. The van der Waals surface area contributed by atoms with Gasteiger partial charge in [-0.3, -0.25) is 14.4 Å². The minimum absolute atomic E-state index is 0.110. The lowest BCUT2D eigenvalue weighted by Crippen LogP contribution is -2.30. The molecular weight excluding hydrogens is 1010 g/mol. The number of allylic oxidation sites excluding steroid dienone is 28. The van der Waals surface area contributed by atoms with Gasteiger partial charge in [0, 0.05) is 19.3 Å². The summed E-state index contributed by atoms with van der Waals surface area (Å²) in [6.45, 7) is 6.35. The van der Waals surface area contributed by atoms with Crippen LogP contribution in [0.2, 0.25) is 0 Å². The van der Waals surface area contributed by atoms with E-state index >= 15 is 0 Å². The fourth-order valence-corrected chi connectivity index (χ4v) is 8.54. The van der Waals surface area contributed by atoms with Crippen molar-refractivity contribution < 1.29 is 28.6 Å². The second kappa shape index (κ2) is 68.3. The molecule has 460 valence electrons. The quantitative estimate of drug-likeness (QED) is 0.0261. The van der Waals surface area contributed by atoms with E-state index in [9.17, 15) is 14.4 Å². The maximum absolute atomic E-state index is 12.9. The number of carbonyl (C=O) groups excluding carboxylic acids is 3. The van der Waals surface area contributed by atoms with E-state index in [2.05, 4.69) is 191 Å². The SMILES string of the molecule is CC/C=C\C/C=C\C/C=C\C/C=C\C/C=C\C/C=C\C/C=C\CCCCCCCC(=O)OCC(COC(=O)CCCCCCCCC/C=C\C/C=C\CCCCCC)OC(=O)CCCCC/C=C\C/C=C\C/C=C\C/C=C\C/C=C\CC. The summed E-state index contributed by atoms with van der Waals surface area (Å²) < 4.78 is 16.9. The van der Waals surface area contributed by atoms with Crippen LogP contribution < -0.4 is 0 Å². The molecule has 0 rings (SSSR count). The second-order valence-corrected chi connectivity index (χ2v) is 21.3. The van der Waals surface area contributed by atoms with Crippen molar-refractivity contribution in [2.24, 2.45) is 0 Å². The van der Waals surface area contributed by atoms with Crippen LogP contribution in [-0.4, -0.2) is 37.2 Å². The third kappa shape index (κ3) is 65.6. The number of rotatable bonds is 58. The molecule has 1 atom stereocenters. The van der Waals surface area contributed by atoms with E-state index in [4.69, 9.17) is 14.2 Å². The first-order chi connectivity index (χ1) is 40.5. The van der Waals surface area contributed by atoms with Crippen LogP contribution in [0.4, 0.5) is 0 Å². The van der Waals surface area contributed by atoms with Gasteiger partial charge < -0.3 is 14.2 Å². The van der Waals surface area contributed by atoms with Crippen LogP contribution in [0, 0.1) is 0 Å². The van der Waals surface area contributed by atoms with Crippen LogP contribution in [0.3, 0.4) is 0 Å². The highest BCUT2D eigenvalue weighted by Gasteiger charge is 2.19. The molecule has 0 heterocycles. The Balaban J connectivity index is 4.51. The maximum atomic E-state index is 12.9. The predicted octanol–water partition coefficient (Wildman–Crippen LogP) is 23.0. The van der Waals surface area contributed by atoms with Gasteiger partial charge in [0.15, 0.2) is 6.10 Å². The van der Waals surface area contributed by atoms with Crippen LogP contribution in [0.5, 0.6) is 0 Å². The van der Waals surface area contributed by atoms with Crippen LogP contribution in [0.25, 0.3) is 0 Å². The molecule has 0 aromatic heterocycles. The highest BCUT2D eigenvalue weighted by molar-refractivity contribution is 5.71. The fourth-order valence-electron chi connectivity index (χ4n) is 8.54. The van der Waals surface area contributed by atoms with Gasteiger partial charge in [0.1, 0.15) is 13.2 Å². The number of ether oxygens (including phenoxy) is 3. The van der Waals surface area contributed by atoms with E-state index < -0.39 is 6.10 Å². The van der Waals surface area contributed by atoms with Crippen molar-refractivity contribution in [3.8, 4) is 0 Å². The Bertz CT molecular complexity index is 1870. The first-order valence-electron chi connectivity index (χ1n) is 33.1. The van der Waals surface area contributed by atoms with E-state index in [1.807, 2.05) is 0 Å². The van der Waals surface area contributed by atoms with Gasteiger partial charge in [-0.15, -0.1) is 0 Å². The van der Waals surface area contributed by atoms with Crippen molar-refractivity contribution in [2.45, 2.75) is 277 Å². The van der Waals surface area contributed by atoms with Gasteiger partial charge in [-0.05, 0) is 154 Å². The first kappa shape index (κ1) is 76.8. The Morgan fingerprint density at radius 3 is 0.756 bits per heavy atom. The monoisotopic (exact) mass is 1130 g/mol. The largest absolute Gasteiger partial charge is 0.462 e. The summed E-state index contributed by atoms with van der Waals surface area (Å²) >= 11 is 0. The van der Waals surface area contributed by atoms with Crippen molar-refractivity contribution in [3.05, 3.63) is 170 Å². The summed E-state index contributed by atoms with van der Waals surface area (Å²) in [4.78, 5) is 38.4. The third-order valence-corrected chi connectivity index (χ3v) is 13.4. The molecule has 0 amide bonds. The standard InChI is InChI=1S/C76H120O6/c1-4-7-10-13-16-19-22-25-28-31-34-35-36-37-38-39-40-41-43-45-48-51-54-57-60-63-66-69-75(78)81-72-73(71-80-74(77)68-65-62-59-56-53-50-47-44-33-30-27-24-21-18-15-12-9-6-3)82-76(79)70-67-64-61-58-55-52-49-46-42-32-29-26-23-20-17-14-11-8-5-2/h7-8,10-11,16-17,19-21,24-26,28-30,33-35,37-38,40-42,45-46,48,52,55,73H,4-6,9,12-15,18,22-23,27,31-32,36,39,43-44,47,49-51,53-54,56-72H2,1-3H3/b10-7-,11-8-,19-16-,20-17-,24-21-,28-25-,29-26-,33-30-,35-34-,38-37-,41-40-,46-42-,48-45-,55-52-. The van der Waals surface area contributed by atoms with Gasteiger partial charge in [-0.2, -0.15) is 0 Å². The summed E-state index contributed by atoms with van der Waals surface area (Å²) in [5.74, 6) is -0.972. The molecule has 0 spiro atoms. The molecule has 0 N–H and O–H groups in total. The molecule has 0 aliphatic carbocycles. The highest BCUT2D eigenvalue weighted by atomic mass is 16.6. The molecular formula is C76H120O6. The van der Waals surface area contributed by atoms with Crippen LogP contribution >= 0.6 is 0 Å². The topological polar surface area (TPSA) is 78.9 Å². The molecule has 0 bridgehead atoms. The average molecular weight is 1130 g/mol. The Morgan fingerprint density at radius 2 is 0.476 bits per heavy atom. The smallest absolute Gasteiger partial charge is 0.306 e. The number of hydrogen-bond acceptors (Lipinski definition) is 6. The van der Waals surface area contributed by atoms with E-state index in [1.165, 1.54) is 57.8 Å². The Kier molecular flexibility index (Phi) is 63.9. The number of esters is 3. The minimum atomic E-state index is -0.819. The summed E-state index contributed by atoms with van der Waals surface area (Å²) in [6.07, 6.45) is 101. The van der Waals surface area contributed by atoms with Gasteiger partial charge in [-0.1, -0.05) is 268 Å². The van der Waals surface area contributed by atoms with Crippen LogP contribution in [0.15, 0.2) is 170 Å². The van der Waals surface area contributed by atoms with Crippen molar-refractivity contribution in [1.82, 2.24) is 0 Å². The summed E-state index contributed by atoms with van der Waals surface area (Å²) in [5.41, 5.74) is 0. The summed E-state index contributed by atoms with van der Waals surface area (Å²) in [7, 11) is 0. The lowest BCUT2D eigenvalue weighted by atomic mass is 10.1. The average Bonchev–Trinajstić information content (AvgIpc) is 3.47. The minimum Gasteiger partial charge on any atom is -0.462 e. The van der Waals surface area contributed by atoms with Crippen molar-refractivity contribution in [3.63, 3.8) is 0 Å². The molecule has 6 heteroatoms. The molecule has 0 saturated carbocycles. The van der Waals surface area contributed by atoms with E-state index in [0.717, 1.165) is 167 Å². The van der Waals surface area contributed by atoms with Gasteiger partial charge >= 0.3 is 17.9 Å². The maximum Gasteiger partial charge on any atom is 0.306 e. The third-order valence-electron chi connectivity index (χ3n) is 13.4. The van der Waals surface area contributed by atoms with E-state index in [0.29, 0.717) is 19.3 Å². The summed E-state index contributed by atoms with van der Waals surface area (Å²) in [5, 5.41) is 0. The molecule has 0 aliphatic heterocycles. The van der Waals surface area contributed by atoms with Gasteiger partial charge in [-0.25, -0.2) is 0 Å². The van der Waals surface area contributed by atoms with Crippen LogP contribution in [0.1, 0.15) is 271 Å².